The minimum atomic E-state index is -0.191. The first kappa shape index (κ1) is 17.9. The average Bonchev–Trinajstić information content (AvgIpc) is 2.91. The van der Waals surface area contributed by atoms with Crippen LogP contribution in [0.15, 0.2) is 41.1 Å². The van der Waals surface area contributed by atoms with Crippen LogP contribution in [0.2, 0.25) is 0 Å². The zero-order valence-corrected chi connectivity index (χ0v) is 16.7. The molecule has 0 saturated carbocycles. The molecule has 3 heterocycles. The number of carbonyl (C=O) groups excluding carboxylic acids is 1. The molecule has 7 heteroatoms. The molecule has 0 aliphatic carbocycles. The largest absolute Gasteiger partial charge is 0.322 e. The molecule has 1 N–H and O–H groups in total. The summed E-state index contributed by atoms with van der Waals surface area (Å²) in [5, 5.41) is 11.8. The second kappa shape index (κ2) is 7.60. The second-order valence-corrected chi connectivity index (χ2v) is 7.69. The molecule has 1 aliphatic heterocycles. The number of halogens is 1. The molecule has 0 bridgehead atoms. The van der Waals surface area contributed by atoms with Gasteiger partial charge < -0.3 is 9.88 Å². The van der Waals surface area contributed by atoms with Crippen LogP contribution in [0.25, 0.3) is 11.4 Å². The van der Waals surface area contributed by atoms with Gasteiger partial charge in [0.05, 0.1) is 5.56 Å². The molecule has 1 aromatic carbocycles. The Labute approximate surface area is 166 Å². The zero-order chi connectivity index (χ0) is 18.8. The Bertz CT molecular complexity index is 998. The Kier molecular flexibility index (Phi) is 5.03. The fraction of sp³-hybridized carbons (Fsp3) is 0.300. The van der Waals surface area contributed by atoms with Crippen LogP contribution in [0.4, 0.5) is 5.69 Å². The molecule has 138 valence electrons. The van der Waals surface area contributed by atoms with E-state index in [0.29, 0.717) is 5.56 Å². The fourth-order valence-electron chi connectivity index (χ4n) is 3.32. The van der Waals surface area contributed by atoms with Crippen molar-refractivity contribution < 1.29 is 4.79 Å². The van der Waals surface area contributed by atoms with Crippen molar-refractivity contribution in [1.29, 1.82) is 0 Å². The molecule has 0 saturated heterocycles. The standard InChI is InChI=1S/C20H20BrN5O/c1-13-6-7-14(19-25-24-18-5-3-2-4-8-26(18)19)10-17(13)23-20(27)15-9-16(21)12-22-11-15/h6-7,9-12H,2-5,8H2,1H3,(H,23,27). The number of carbonyl (C=O) groups is 1. The Balaban J connectivity index is 1.64. The number of rotatable bonds is 3. The lowest BCUT2D eigenvalue weighted by atomic mass is 10.1. The number of benzene rings is 1. The molecule has 1 amide bonds. The summed E-state index contributed by atoms with van der Waals surface area (Å²) in [6.45, 7) is 2.92. The predicted molar refractivity (Wildman–Crippen MR) is 108 cm³/mol. The van der Waals surface area contributed by atoms with Crippen LogP contribution in [0.3, 0.4) is 0 Å². The number of hydrogen-bond acceptors (Lipinski definition) is 4. The van der Waals surface area contributed by atoms with Gasteiger partial charge in [0.1, 0.15) is 5.82 Å². The highest BCUT2D eigenvalue weighted by atomic mass is 79.9. The number of amides is 1. The monoisotopic (exact) mass is 425 g/mol. The molecular weight excluding hydrogens is 406 g/mol. The van der Waals surface area contributed by atoms with E-state index in [1.165, 1.54) is 6.42 Å². The maximum absolute atomic E-state index is 12.6. The van der Waals surface area contributed by atoms with E-state index in [4.69, 9.17) is 0 Å². The summed E-state index contributed by atoms with van der Waals surface area (Å²) in [7, 11) is 0. The number of fused-ring (bicyclic) bond motifs is 1. The average molecular weight is 426 g/mol. The lowest BCUT2D eigenvalue weighted by molar-refractivity contribution is 0.102. The normalized spacial score (nSPS) is 13.7. The maximum atomic E-state index is 12.6. The van der Waals surface area contributed by atoms with Gasteiger partial charge in [0.25, 0.3) is 5.91 Å². The molecule has 0 spiro atoms. The summed E-state index contributed by atoms with van der Waals surface area (Å²) in [4.78, 5) is 16.6. The van der Waals surface area contributed by atoms with Gasteiger partial charge in [-0.15, -0.1) is 10.2 Å². The number of pyridine rings is 1. The third-order valence-electron chi connectivity index (χ3n) is 4.82. The summed E-state index contributed by atoms with van der Waals surface area (Å²) in [5.41, 5.74) is 3.23. The third-order valence-corrected chi connectivity index (χ3v) is 5.25. The molecule has 1 aliphatic rings. The van der Waals surface area contributed by atoms with E-state index in [1.54, 1.807) is 18.5 Å². The van der Waals surface area contributed by atoms with E-state index in [9.17, 15) is 4.79 Å². The number of nitrogens with one attached hydrogen (secondary N) is 1. The van der Waals surface area contributed by atoms with Gasteiger partial charge in [-0.2, -0.15) is 0 Å². The number of aryl methyl sites for hydroxylation is 2. The fourth-order valence-corrected chi connectivity index (χ4v) is 3.69. The van der Waals surface area contributed by atoms with E-state index < -0.39 is 0 Å². The zero-order valence-electron chi connectivity index (χ0n) is 15.1. The molecule has 27 heavy (non-hydrogen) atoms. The molecule has 0 atom stereocenters. The Morgan fingerprint density at radius 3 is 2.89 bits per heavy atom. The van der Waals surface area contributed by atoms with Crippen molar-refractivity contribution in [3.63, 3.8) is 0 Å². The summed E-state index contributed by atoms with van der Waals surface area (Å²) >= 11 is 3.35. The molecule has 0 unspecified atom stereocenters. The van der Waals surface area contributed by atoms with E-state index in [-0.39, 0.29) is 5.91 Å². The van der Waals surface area contributed by atoms with Crippen LogP contribution in [-0.2, 0) is 13.0 Å². The number of aromatic nitrogens is 4. The van der Waals surface area contributed by atoms with Gasteiger partial charge in [-0.05, 0) is 53.4 Å². The van der Waals surface area contributed by atoms with E-state index in [1.807, 2.05) is 25.1 Å². The minimum absolute atomic E-state index is 0.191. The predicted octanol–water partition coefficient (Wildman–Crippen LogP) is 4.39. The lowest BCUT2D eigenvalue weighted by Gasteiger charge is -2.12. The van der Waals surface area contributed by atoms with Crippen LogP contribution in [0.1, 0.15) is 41.0 Å². The van der Waals surface area contributed by atoms with E-state index >= 15 is 0 Å². The van der Waals surface area contributed by atoms with Crippen molar-refractivity contribution >= 4 is 27.5 Å². The van der Waals surface area contributed by atoms with Crippen LogP contribution < -0.4 is 5.32 Å². The Hall–Kier alpha value is -2.54. The summed E-state index contributed by atoms with van der Waals surface area (Å²) in [6.07, 6.45) is 7.70. The van der Waals surface area contributed by atoms with Gasteiger partial charge in [-0.3, -0.25) is 9.78 Å². The second-order valence-electron chi connectivity index (χ2n) is 6.78. The van der Waals surface area contributed by atoms with Crippen molar-refractivity contribution in [3.8, 4) is 11.4 Å². The summed E-state index contributed by atoms with van der Waals surface area (Å²) in [6, 6.07) is 7.76. The Morgan fingerprint density at radius 1 is 1.15 bits per heavy atom. The van der Waals surface area contributed by atoms with Gasteiger partial charge >= 0.3 is 0 Å². The first-order valence-electron chi connectivity index (χ1n) is 9.07. The van der Waals surface area contributed by atoms with Crippen molar-refractivity contribution in [2.75, 3.05) is 5.32 Å². The highest BCUT2D eigenvalue weighted by Crippen LogP contribution is 2.27. The van der Waals surface area contributed by atoms with Crippen molar-refractivity contribution in [2.45, 2.75) is 39.2 Å². The third kappa shape index (κ3) is 3.78. The van der Waals surface area contributed by atoms with Gasteiger partial charge in [0.15, 0.2) is 5.82 Å². The van der Waals surface area contributed by atoms with Gasteiger partial charge in [-0.25, -0.2) is 0 Å². The summed E-state index contributed by atoms with van der Waals surface area (Å²) in [5.74, 6) is 1.73. The van der Waals surface area contributed by atoms with Gasteiger partial charge in [-0.1, -0.05) is 18.6 Å². The molecule has 2 aromatic heterocycles. The van der Waals surface area contributed by atoms with Crippen LogP contribution in [0.5, 0.6) is 0 Å². The Morgan fingerprint density at radius 2 is 2.04 bits per heavy atom. The smallest absolute Gasteiger partial charge is 0.257 e. The topological polar surface area (TPSA) is 72.7 Å². The number of anilines is 1. The highest BCUT2D eigenvalue weighted by molar-refractivity contribution is 9.10. The van der Waals surface area contributed by atoms with Crippen LogP contribution in [0, 0.1) is 6.92 Å². The first-order valence-corrected chi connectivity index (χ1v) is 9.86. The maximum Gasteiger partial charge on any atom is 0.257 e. The minimum Gasteiger partial charge on any atom is -0.322 e. The molecule has 0 radical (unpaired) electrons. The number of hydrogen-bond donors (Lipinski definition) is 1. The molecule has 4 rings (SSSR count). The van der Waals surface area contributed by atoms with E-state index in [2.05, 4.69) is 41.0 Å². The van der Waals surface area contributed by atoms with Crippen molar-refractivity contribution in [1.82, 2.24) is 19.7 Å². The number of nitrogens with zero attached hydrogens (tertiary/aromatic N) is 4. The highest BCUT2D eigenvalue weighted by Gasteiger charge is 2.17. The quantitative estimate of drug-likeness (QED) is 0.674. The summed E-state index contributed by atoms with van der Waals surface area (Å²) < 4.78 is 2.98. The van der Waals surface area contributed by atoms with Crippen molar-refractivity contribution in [3.05, 3.63) is 58.1 Å². The van der Waals surface area contributed by atoms with Crippen molar-refractivity contribution in [2.24, 2.45) is 0 Å². The molecule has 6 nitrogen and oxygen atoms in total. The SMILES string of the molecule is Cc1ccc(-c2nnc3n2CCCCC3)cc1NC(=O)c1cncc(Br)c1. The molecule has 3 aromatic rings. The first-order chi connectivity index (χ1) is 13.1. The molecule has 0 fully saturated rings. The van der Waals surface area contributed by atoms with Gasteiger partial charge in [0.2, 0.25) is 0 Å². The van der Waals surface area contributed by atoms with Crippen LogP contribution in [-0.4, -0.2) is 25.7 Å². The van der Waals surface area contributed by atoms with Crippen LogP contribution >= 0.6 is 15.9 Å². The van der Waals surface area contributed by atoms with Gasteiger partial charge in [0, 0.05) is 41.1 Å². The van der Waals surface area contributed by atoms with E-state index in [0.717, 1.165) is 58.7 Å². The molecular formula is C20H20BrN5O. The lowest BCUT2D eigenvalue weighted by Crippen LogP contribution is -2.13.